The van der Waals surface area contributed by atoms with Crippen LogP contribution in [0.4, 0.5) is 5.69 Å². The van der Waals surface area contributed by atoms with E-state index in [0.29, 0.717) is 28.7 Å². The molecular weight excluding hydrogens is 456 g/mol. The van der Waals surface area contributed by atoms with Gasteiger partial charge in [-0.25, -0.2) is 8.42 Å². The molecule has 0 spiro atoms. The number of ether oxygens (including phenoxy) is 3. The van der Waals surface area contributed by atoms with Crippen molar-refractivity contribution in [3.8, 4) is 23.0 Å². The molecule has 0 saturated carbocycles. The molecule has 0 aliphatic rings. The number of nitrogens with zero attached hydrogens (tertiary/aromatic N) is 1. The second kappa shape index (κ2) is 11.4. The van der Waals surface area contributed by atoms with Gasteiger partial charge >= 0.3 is 0 Å². The van der Waals surface area contributed by atoms with Gasteiger partial charge in [0.1, 0.15) is 35.6 Å². The summed E-state index contributed by atoms with van der Waals surface area (Å²) in [6.45, 7) is 1.96. The zero-order valence-electron chi connectivity index (χ0n) is 19.3. The highest BCUT2D eigenvalue weighted by molar-refractivity contribution is 7.92. The molecular formula is C25H28N2O6S. The Morgan fingerprint density at radius 2 is 1.53 bits per heavy atom. The number of carbonyl (C=O) groups is 1. The maximum atomic E-state index is 12.7. The highest BCUT2D eigenvalue weighted by Crippen LogP contribution is 2.27. The smallest absolute Gasteiger partial charge is 0.243 e. The van der Waals surface area contributed by atoms with Crippen molar-refractivity contribution in [3.63, 3.8) is 0 Å². The number of benzene rings is 3. The van der Waals surface area contributed by atoms with Crippen LogP contribution in [0.1, 0.15) is 6.92 Å². The number of carbonyl (C=O) groups excluding carboxylic acids is 1. The van der Waals surface area contributed by atoms with Crippen LogP contribution >= 0.6 is 0 Å². The van der Waals surface area contributed by atoms with E-state index in [9.17, 15) is 13.2 Å². The van der Waals surface area contributed by atoms with E-state index in [4.69, 9.17) is 14.2 Å². The normalized spacial score (nSPS) is 11.9. The van der Waals surface area contributed by atoms with E-state index in [-0.39, 0.29) is 13.2 Å². The highest BCUT2D eigenvalue weighted by atomic mass is 32.2. The number of anilines is 1. The fourth-order valence-electron chi connectivity index (χ4n) is 3.28. The van der Waals surface area contributed by atoms with Gasteiger partial charge in [0.05, 0.1) is 25.6 Å². The summed E-state index contributed by atoms with van der Waals surface area (Å²) in [7, 11) is -2.16. The van der Waals surface area contributed by atoms with Crippen LogP contribution in [-0.2, 0) is 14.8 Å². The molecule has 3 aromatic carbocycles. The number of hydrogen-bond acceptors (Lipinski definition) is 6. The van der Waals surface area contributed by atoms with Gasteiger partial charge in [-0.1, -0.05) is 24.3 Å². The van der Waals surface area contributed by atoms with E-state index in [1.807, 2.05) is 30.3 Å². The standard InChI is InChI=1S/C25H28N2O6S/c1-19(25(28)26-16-17-32-24-11-7-10-23(18-24)31-2)27(34(3,29)30)20-12-14-22(15-13-20)33-21-8-5-4-6-9-21/h4-15,18-19H,16-17H2,1-3H3,(H,26,28)/t19-/m1/s1. The number of hydrogen-bond donors (Lipinski definition) is 1. The van der Waals surface area contributed by atoms with Gasteiger partial charge in [0.2, 0.25) is 15.9 Å². The van der Waals surface area contributed by atoms with Crippen molar-refractivity contribution in [2.75, 3.05) is 30.8 Å². The minimum absolute atomic E-state index is 0.210. The molecule has 0 saturated heterocycles. The van der Waals surface area contributed by atoms with Crippen LogP contribution in [0.15, 0.2) is 78.9 Å². The Balaban J connectivity index is 1.61. The first-order valence-electron chi connectivity index (χ1n) is 10.6. The summed E-state index contributed by atoms with van der Waals surface area (Å²) in [4.78, 5) is 12.7. The van der Waals surface area contributed by atoms with E-state index in [0.717, 1.165) is 10.6 Å². The first-order valence-corrected chi connectivity index (χ1v) is 12.5. The lowest BCUT2D eigenvalue weighted by atomic mass is 10.2. The molecule has 180 valence electrons. The SMILES string of the molecule is COc1cccc(OCCNC(=O)[C@@H](C)N(c2ccc(Oc3ccccc3)cc2)S(C)(=O)=O)c1. The Kier molecular flexibility index (Phi) is 8.37. The van der Waals surface area contributed by atoms with Crippen molar-refractivity contribution in [2.24, 2.45) is 0 Å². The summed E-state index contributed by atoms with van der Waals surface area (Å²) in [6, 6.07) is 21.9. The third-order valence-corrected chi connectivity index (χ3v) is 6.11. The Morgan fingerprint density at radius 1 is 0.912 bits per heavy atom. The summed E-state index contributed by atoms with van der Waals surface area (Å²) >= 11 is 0. The van der Waals surface area contributed by atoms with Crippen molar-refractivity contribution in [2.45, 2.75) is 13.0 Å². The lowest BCUT2D eigenvalue weighted by Crippen LogP contribution is -2.48. The first-order chi connectivity index (χ1) is 16.3. The third kappa shape index (κ3) is 6.89. The number of methoxy groups -OCH3 is 1. The Hall–Kier alpha value is -3.72. The number of sulfonamides is 1. The molecule has 0 aromatic heterocycles. The largest absolute Gasteiger partial charge is 0.497 e. The molecule has 3 rings (SSSR count). The highest BCUT2D eigenvalue weighted by Gasteiger charge is 2.29. The molecule has 9 heteroatoms. The predicted molar refractivity (Wildman–Crippen MR) is 131 cm³/mol. The van der Waals surface area contributed by atoms with Crippen LogP contribution in [0.5, 0.6) is 23.0 Å². The fraction of sp³-hybridized carbons (Fsp3) is 0.240. The molecule has 0 heterocycles. The Bertz CT molecular complexity index is 1180. The van der Waals surface area contributed by atoms with Crippen LogP contribution in [0.3, 0.4) is 0 Å². The lowest BCUT2D eigenvalue weighted by Gasteiger charge is -2.28. The Morgan fingerprint density at radius 3 is 2.18 bits per heavy atom. The number of para-hydroxylation sites is 1. The van der Waals surface area contributed by atoms with E-state index in [1.165, 1.54) is 6.92 Å². The van der Waals surface area contributed by atoms with Gasteiger partial charge in [-0.2, -0.15) is 0 Å². The molecule has 0 bridgehead atoms. The minimum atomic E-state index is -3.73. The monoisotopic (exact) mass is 484 g/mol. The average Bonchev–Trinajstić information content (AvgIpc) is 2.83. The first kappa shape index (κ1) is 24.9. The summed E-state index contributed by atoms with van der Waals surface area (Å²) in [5, 5.41) is 2.72. The molecule has 0 aliphatic carbocycles. The molecule has 8 nitrogen and oxygen atoms in total. The average molecular weight is 485 g/mol. The minimum Gasteiger partial charge on any atom is -0.497 e. The van der Waals surface area contributed by atoms with Gasteiger partial charge in [0.15, 0.2) is 0 Å². The van der Waals surface area contributed by atoms with Crippen molar-refractivity contribution < 1.29 is 27.4 Å². The quantitative estimate of drug-likeness (QED) is 0.416. The molecule has 34 heavy (non-hydrogen) atoms. The van der Waals surface area contributed by atoms with Gasteiger partial charge in [-0.3, -0.25) is 9.10 Å². The van der Waals surface area contributed by atoms with Crippen molar-refractivity contribution >= 4 is 21.6 Å². The molecule has 0 fully saturated rings. The van der Waals surface area contributed by atoms with E-state index >= 15 is 0 Å². The van der Waals surface area contributed by atoms with Crippen LogP contribution in [0, 0.1) is 0 Å². The van der Waals surface area contributed by atoms with E-state index < -0.39 is 22.0 Å². The van der Waals surface area contributed by atoms with E-state index in [1.54, 1.807) is 55.6 Å². The molecule has 0 unspecified atom stereocenters. The zero-order valence-corrected chi connectivity index (χ0v) is 20.1. The van der Waals surface area contributed by atoms with Gasteiger partial charge in [-0.15, -0.1) is 0 Å². The molecule has 1 atom stereocenters. The van der Waals surface area contributed by atoms with Gasteiger partial charge in [-0.05, 0) is 55.5 Å². The van der Waals surface area contributed by atoms with Crippen molar-refractivity contribution in [3.05, 3.63) is 78.9 Å². The predicted octanol–water partition coefficient (Wildman–Crippen LogP) is 3.84. The second-order valence-corrected chi connectivity index (χ2v) is 9.32. The topological polar surface area (TPSA) is 94.2 Å². The summed E-state index contributed by atoms with van der Waals surface area (Å²) in [5.74, 6) is 2.05. The number of rotatable bonds is 11. The molecule has 0 radical (unpaired) electrons. The lowest BCUT2D eigenvalue weighted by molar-refractivity contribution is -0.121. The summed E-state index contributed by atoms with van der Waals surface area (Å²) in [6.07, 6.45) is 1.07. The van der Waals surface area contributed by atoms with Crippen LogP contribution < -0.4 is 23.8 Å². The molecule has 3 aromatic rings. The van der Waals surface area contributed by atoms with Crippen molar-refractivity contribution in [1.29, 1.82) is 0 Å². The molecule has 1 amide bonds. The molecule has 0 aliphatic heterocycles. The third-order valence-electron chi connectivity index (χ3n) is 4.87. The van der Waals surface area contributed by atoms with E-state index in [2.05, 4.69) is 5.32 Å². The van der Waals surface area contributed by atoms with Crippen LogP contribution in [0.2, 0.25) is 0 Å². The van der Waals surface area contributed by atoms with Crippen molar-refractivity contribution in [1.82, 2.24) is 5.32 Å². The van der Waals surface area contributed by atoms with Crippen LogP contribution in [0.25, 0.3) is 0 Å². The Labute approximate surface area is 200 Å². The van der Waals surface area contributed by atoms with Gasteiger partial charge in [0, 0.05) is 6.07 Å². The summed E-state index contributed by atoms with van der Waals surface area (Å²) in [5.41, 5.74) is 0.359. The fourth-order valence-corrected chi connectivity index (χ4v) is 4.45. The maximum absolute atomic E-state index is 12.7. The number of nitrogens with one attached hydrogen (secondary N) is 1. The molecule has 1 N–H and O–H groups in total. The summed E-state index contributed by atoms with van der Waals surface area (Å²) < 4.78 is 42.6. The van der Waals surface area contributed by atoms with Gasteiger partial charge in [0.25, 0.3) is 0 Å². The van der Waals surface area contributed by atoms with Crippen LogP contribution in [-0.4, -0.2) is 46.9 Å². The second-order valence-electron chi connectivity index (χ2n) is 7.46. The maximum Gasteiger partial charge on any atom is 0.243 e. The zero-order chi connectivity index (χ0) is 24.6. The van der Waals surface area contributed by atoms with Gasteiger partial charge < -0.3 is 19.5 Å². The number of amides is 1.